The molecule has 0 radical (unpaired) electrons. The molecule has 0 aliphatic rings. The van der Waals surface area contributed by atoms with E-state index in [0.717, 1.165) is 5.69 Å². The Morgan fingerprint density at radius 2 is 2.14 bits per heavy atom. The number of hydrogen-bond acceptors (Lipinski definition) is 5. The maximum atomic E-state index is 12.2. The zero-order valence-corrected chi connectivity index (χ0v) is 13.2. The second-order valence-electron chi connectivity index (χ2n) is 4.45. The average Bonchev–Trinajstić information content (AvgIpc) is 2.97. The number of aromatic amines is 1. The van der Waals surface area contributed by atoms with Crippen LogP contribution in [0.1, 0.15) is 20.8 Å². The smallest absolute Gasteiger partial charge is 0.235 e. The van der Waals surface area contributed by atoms with Gasteiger partial charge in [0.15, 0.2) is 5.82 Å². The Labute approximate surface area is 128 Å². The van der Waals surface area contributed by atoms with Crippen molar-refractivity contribution >= 4 is 17.7 Å². The van der Waals surface area contributed by atoms with Crippen LogP contribution >= 0.6 is 11.8 Å². The summed E-state index contributed by atoms with van der Waals surface area (Å²) >= 11 is 1.35. The molecule has 0 fully saturated rings. The molecule has 0 bridgehead atoms. The van der Waals surface area contributed by atoms with Crippen LogP contribution in [0.5, 0.6) is 0 Å². The molecule has 2 aromatic rings. The molecule has 0 spiro atoms. The van der Waals surface area contributed by atoms with Gasteiger partial charge in [-0.2, -0.15) is 4.98 Å². The number of aromatic nitrogens is 4. The van der Waals surface area contributed by atoms with E-state index in [-0.39, 0.29) is 11.2 Å². The predicted molar refractivity (Wildman–Crippen MR) is 82.9 cm³/mol. The predicted octanol–water partition coefficient (Wildman–Crippen LogP) is 2.22. The Bertz CT molecular complexity index is 582. The maximum absolute atomic E-state index is 12.2. The van der Waals surface area contributed by atoms with Gasteiger partial charge in [-0.25, -0.2) is 0 Å². The fraction of sp³-hybridized carbons (Fsp3) is 0.429. The van der Waals surface area contributed by atoms with Gasteiger partial charge in [0.1, 0.15) is 5.69 Å². The summed E-state index contributed by atoms with van der Waals surface area (Å²) in [6, 6.07) is 5.60. The van der Waals surface area contributed by atoms with Crippen LogP contribution in [0.4, 0.5) is 0 Å². The lowest BCUT2D eigenvalue weighted by Crippen LogP contribution is -2.36. The quantitative estimate of drug-likeness (QED) is 0.828. The van der Waals surface area contributed by atoms with Crippen molar-refractivity contribution in [3.05, 3.63) is 24.4 Å². The molecule has 7 heteroatoms. The molecule has 1 unspecified atom stereocenters. The number of amides is 1. The Hall–Kier alpha value is -1.89. The lowest BCUT2D eigenvalue weighted by molar-refractivity contribution is -0.129. The van der Waals surface area contributed by atoms with E-state index >= 15 is 0 Å². The molecule has 6 nitrogen and oxygen atoms in total. The summed E-state index contributed by atoms with van der Waals surface area (Å²) in [7, 11) is 0. The summed E-state index contributed by atoms with van der Waals surface area (Å²) in [6.07, 6.45) is 1.71. The first-order valence-electron chi connectivity index (χ1n) is 6.95. The lowest BCUT2D eigenvalue weighted by Gasteiger charge is -2.21. The van der Waals surface area contributed by atoms with Gasteiger partial charge in [-0.3, -0.25) is 14.9 Å². The summed E-state index contributed by atoms with van der Waals surface area (Å²) in [5.74, 6) is 0.717. The summed E-state index contributed by atoms with van der Waals surface area (Å²) in [6.45, 7) is 7.26. The number of thioether (sulfide) groups is 1. The van der Waals surface area contributed by atoms with Crippen molar-refractivity contribution in [3.63, 3.8) is 0 Å². The first kappa shape index (κ1) is 15.5. The highest BCUT2D eigenvalue weighted by Gasteiger charge is 2.21. The van der Waals surface area contributed by atoms with E-state index < -0.39 is 0 Å². The molecule has 0 aliphatic carbocycles. The van der Waals surface area contributed by atoms with Gasteiger partial charge >= 0.3 is 0 Å². The molecule has 2 heterocycles. The summed E-state index contributed by atoms with van der Waals surface area (Å²) < 4.78 is 0. The van der Waals surface area contributed by atoms with Gasteiger partial charge < -0.3 is 4.90 Å². The van der Waals surface area contributed by atoms with E-state index in [1.165, 1.54) is 11.8 Å². The van der Waals surface area contributed by atoms with Crippen molar-refractivity contribution in [1.29, 1.82) is 0 Å². The van der Waals surface area contributed by atoms with Crippen LogP contribution in [0.2, 0.25) is 0 Å². The van der Waals surface area contributed by atoms with E-state index in [1.54, 1.807) is 6.20 Å². The third-order valence-electron chi connectivity index (χ3n) is 3.08. The summed E-state index contributed by atoms with van der Waals surface area (Å²) in [5.41, 5.74) is 0.736. The molecule has 0 saturated heterocycles. The molecule has 2 aromatic heterocycles. The number of hydrogen-bond donors (Lipinski definition) is 1. The van der Waals surface area contributed by atoms with Crippen LogP contribution in [0.3, 0.4) is 0 Å². The lowest BCUT2D eigenvalue weighted by atomic mass is 10.3. The average molecular weight is 305 g/mol. The fourth-order valence-electron chi connectivity index (χ4n) is 1.92. The van der Waals surface area contributed by atoms with Crippen LogP contribution in [-0.4, -0.2) is 49.3 Å². The number of pyridine rings is 1. The van der Waals surface area contributed by atoms with Gasteiger partial charge in [-0.15, -0.1) is 5.10 Å². The highest BCUT2D eigenvalue weighted by atomic mass is 32.2. The number of nitrogens with zero attached hydrogens (tertiary/aromatic N) is 4. The van der Waals surface area contributed by atoms with Crippen molar-refractivity contribution in [2.75, 3.05) is 13.1 Å². The SMILES string of the molecule is CCN(CC)C(=O)C(C)Sc1n[nH]c(-c2ccccn2)n1. The van der Waals surface area contributed by atoms with Crippen molar-refractivity contribution < 1.29 is 4.79 Å². The number of carbonyl (C=O) groups excluding carboxylic acids is 1. The van der Waals surface area contributed by atoms with Gasteiger partial charge in [0.05, 0.1) is 5.25 Å². The Morgan fingerprint density at radius 1 is 1.38 bits per heavy atom. The molecule has 2 rings (SSSR count). The Morgan fingerprint density at radius 3 is 2.76 bits per heavy atom. The van der Waals surface area contributed by atoms with Crippen LogP contribution in [0, 0.1) is 0 Å². The molecule has 1 amide bonds. The monoisotopic (exact) mass is 305 g/mol. The molecule has 21 heavy (non-hydrogen) atoms. The Balaban J connectivity index is 2.04. The fourth-order valence-corrected chi connectivity index (χ4v) is 2.73. The topological polar surface area (TPSA) is 74.8 Å². The minimum Gasteiger partial charge on any atom is -0.342 e. The summed E-state index contributed by atoms with van der Waals surface area (Å²) in [4.78, 5) is 22.6. The second kappa shape index (κ2) is 7.21. The van der Waals surface area contributed by atoms with E-state index in [0.29, 0.717) is 24.1 Å². The van der Waals surface area contributed by atoms with Gasteiger partial charge in [0, 0.05) is 19.3 Å². The minimum absolute atomic E-state index is 0.106. The minimum atomic E-state index is -0.211. The number of nitrogens with one attached hydrogen (secondary N) is 1. The van der Waals surface area contributed by atoms with Gasteiger partial charge in [-0.1, -0.05) is 17.8 Å². The molecule has 1 N–H and O–H groups in total. The molecular weight excluding hydrogens is 286 g/mol. The highest BCUT2D eigenvalue weighted by molar-refractivity contribution is 8.00. The van der Waals surface area contributed by atoms with Crippen LogP contribution in [-0.2, 0) is 4.79 Å². The molecule has 112 valence electrons. The van der Waals surface area contributed by atoms with Crippen LogP contribution in [0.25, 0.3) is 11.5 Å². The Kier molecular flexibility index (Phi) is 5.32. The van der Waals surface area contributed by atoms with Crippen molar-refractivity contribution in [2.24, 2.45) is 0 Å². The zero-order valence-electron chi connectivity index (χ0n) is 12.4. The van der Waals surface area contributed by atoms with Gasteiger partial charge in [0.25, 0.3) is 0 Å². The normalized spacial score (nSPS) is 12.1. The van der Waals surface area contributed by atoms with E-state index in [4.69, 9.17) is 0 Å². The number of rotatable bonds is 6. The third kappa shape index (κ3) is 3.81. The van der Waals surface area contributed by atoms with Crippen LogP contribution in [0.15, 0.2) is 29.6 Å². The van der Waals surface area contributed by atoms with E-state index in [1.807, 2.05) is 43.9 Å². The zero-order chi connectivity index (χ0) is 15.2. The van der Waals surface area contributed by atoms with Gasteiger partial charge in [-0.05, 0) is 32.9 Å². The van der Waals surface area contributed by atoms with Crippen molar-refractivity contribution in [1.82, 2.24) is 25.1 Å². The van der Waals surface area contributed by atoms with E-state index in [2.05, 4.69) is 20.2 Å². The second-order valence-corrected chi connectivity index (χ2v) is 5.76. The van der Waals surface area contributed by atoms with E-state index in [9.17, 15) is 4.79 Å². The highest BCUT2D eigenvalue weighted by Crippen LogP contribution is 2.22. The molecular formula is C14H19N5OS. The molecule has 0 aliphatic heterocycles. The maximum Gasteiger partial charge on any atom is 0.235 e. The molecule has 0 aromatic carbocycles. The standard InChI is InChI=1S/C14H19N5OS/c1-4-19(5-2)13(20)10(3)21-14-16-12(17-18-14)11-8-6-7-9-15-11/h6-10H,4-5H2,1-3H3,(H,16,17,18). The van der Waals surface area contributed by atoms with Crippen molar-refractivity contribution in [2.45, 2.75) is 31.2 Å². The van der Waals surface area contributed by atoms with Crippen LogP contribution < -0.4 is 0 Å². The summed E-state index contributed by atoms with van der Waals surface area (Å²) in [5, 5.41) is 7.34. The largest absolute Gasteiger partial charge is 0.342 e. The number of carbonyl (C=O) groups is 1. The first-order chi connectivity index (χ1) is 10.2. The molecule has 0 saturated carbocycles. The third-order valence-corrected chi connectivity index (χ3v) is 4.03. The molecule has 1 atom stereocenters. The van der Waals surface area contributed by atoms with Gasteiger partial charge in [0.2, 0.25) is 11.1 Å². The number of H-pyrrole nitrogens is 1. The first-order valence-corrected chi connectivity index (χ1v) is 7.82. The van der Waals surface area contributed by atoms with Crippen molar-refractivity contribution in [3.8, 4) is 11.5 Å².